The highest BCUT2D eigenvalue weighted by molar-refractivity contribution is 5.75. The van der Waals surface area contributed by atoms with E-state index in [1.807, 2.05) is 6.07 Å². The summed E-state index contributed by atoms with van der Waals surface area (Å²) in [6.45, 7) is 4.46. The molecule has 0 spiro atoms. The fourth-order valence-corrected chi connectivity index (χ4v) is 1.76. The number of hydrogen-bond acceptors (Lipinski definition) is 6. The molecule has 1 atom stereocenters. The van der Waals surface area contributed by atoms with Crippen LogP contribution in [-0.2, 0) is 25.6 Å². The van der Waals surface area contributed by atoms with Crippen molar-refractivity contribution in [2.24, 2.45) is 10.7 Å². The second kappa shape index (κ2) is 8.86. The molecule has 0 saturated heterocycles. The Morgan fingerprint density at radius 2 is 1.92 bits per heavy atom. The van der Waals surface area contributed by atoms with Crippen LogP contribution >= 0.6 is 0 Å². The summed E-state index contributed by atoms with van der Waals surface area (Å²) in [5.74, 6) is -1.69. The smallest absolute Gasteiger partial charge is 0.332 e. The number of carbonyl (C=O) groups is 2. The molecular formula is C16H23N3O6. The molecule has 0 saturated carbocycles. The molecule has 0 amide bonds. The van der Waals surface area contributed by atoms with Gasteiger partial charge >= 0.3 is 11.9 Å². The Bertz CT molecular complexity index is 612. The van der Waals surface area contributed by atoms with Gasteiger partial charge in [-0.2, -0.15) is 0 Å². The topological polar surface area (TPSA) is 114 Å². The minimum Gasteiger partial charge on any atom is -0.569 e. The zero-order chi connectivity index (χ0) is 19.0. The minimum absolute atomic E-state index is 0.00660. The van der Waals surface area contributed by atoms with Crippen molar-refractivity contribution in [3.63, 3.8) is 0 Å². The monoisotopic (exact) mass is 353 g/mol. The van der Waals surface area contributed by atoms with Crippen molar-refractivity contribution < 1.29 is 29.2 Å². The van der Waals surface area contributed by atoms with Crippen molar-refractivity contribution in [1.82, 2.24) is 5.01 Å². The van der Waals surface area contributed by atoms with Crippen LogP contribution in [0.5, 0.6) is 0 Å². The van der Waals surface area contributed by atoms with E-state index in [2.05, 4.69) is 10.1 Å². The zero-order valence-electron chi connectivity index (χ0n) is 14.7. The summed E-state index contributed by atoms with van der Waals surface area (Å²) in [6.07, 6.45) is 0.111. The molecular weight excluding hydrogens is 330 g/mol. The Labute approximate surface area is 146 Å². The number of likely N-dealkylation sites (N-methyl/N-ethyl adjacent to an activating group) is 1. The largest absolute Gasteiger partial charge is 0.569 e. The van der Waals surface area contributed by atoms with E-state index in [9.17, 15) is 19.9 Å². The molecule has 25 heavy (non-hydrogen) atoms. The lowest BCUT2D eigenvalue weighted by molar-refractivity contribution is -0.711. The van der Waals surface area contributed by atoms with Crippen LogP contribution in [0.15, 0.2) is 35.6 Å². The van der Waals surface area contributed by atoms with Crippen molar-refractivity contribution in [3.8, 4) is 0 Å². The second-order valence-corrected chi connectivity index (χ2v) is 6.38. The number of benzene rings is 1. The molecule has 0 radical (unpaired) electrons. The van der Waals surface area contributed by atoms with E-state index >= 15 is 0 Å². The standard InChI is InChI=1S/C16H23N3O6/c1-16(2,3)15(22)24-11-25-17-19(23)18(4)13(14(20)21)10-12-8-6-5-7-9-12/h5-9,13H,10-11H2,1-4H3,(H,20,21)/b19-17-/t13-/m0/s1. The quantitative estimate of drug-likeness (QED) is 0.190. The summed E-state index contributed by atoms with van der Waals surface area (Å²) < 4.78 is 4.78. The summed E-state index contributed by atoms with van der Waals surface area (Å²) >= 11 is 0. The lowest BCUT2D eigenvalue weighted by Gasteiger charge is -2.20. The van der Waals surface area contributed by atoms with Crippen LogP contribution in [0.25, 0.3) is 0 Å². The Balaban J connectivity index is 2.63. The lowest BCUT2D eigenvalue weighted by atomic mass is 9.98. The summed E-state index contributed by atoms with van der Waals surface area (Å²) in [5.41, 5.74) is 0.0525. The maximum Gasteiger partial charge on any atom is 0.332 e. The molecule has 1 N–H and O–H groups in total. The molecule has 0 aliphatic carbocycles. The number of carboxylic acids is 1. The van der Waals surface area contributed by atoms with Crippen molar-refractivity contribution in [1.29, 1.82) is 0 Å². The molecule has 9 heteroatoms. The molecule has 0 unspecified atom stereocenters. The number of esters is 1. The third-order valence-corrected chi connectivity index (χ3v) is 3.26. The van der Waals surface area contributed by atoms with Crippen LogP contribution < -0.4 is 0 Å². The van der Waals surface area contributed by atoms with Crippen LogP contribution in [-0.4, -0.2) is 46.9 Å². The molecule has 0 heterocycles. The first-order chi connectivity index (χ1) is 11.6. The maximum absolute atomic E-state index is 11.9. The molecule has 0 bridgehead atoms. The first kappa shape index (κ1) is 20.2. The number of carbonyl (C=O) groups excluding carboxylic acids is 1. The highest BCUT2D eigenvalue weighted by atomic mass is 16.8. The van der Waals surface area contributed by atoms with Crippen LogP contribution in [0.4, 0.5) is 0 Å². The average molecular weight is 353 g/mol. The lowest BCUT2D eigenvalue weighted by Crippen LogP contribution is -2.44. The Hall–Kier alpha value is -2.84. The van der Waals surface area contributed by atoms with Crippen LogP contribution in [0.2, 0.25) is 0 Å². The number of ether oxygens (including phenoxy) is 1. The molecule has 0 aliphatic heterocycles. The first-order valence-electron chi connectivity index (χ1n) is 7.60. The van der Waals surface area contributed by atoms with Gasteiger partial charge in [0, 0.05) is 6.42 Å². The summed E-state index contributed by atoms with van der Waals surface area (Å²) in [7, 11) is 1.28. The van der Waals surface area contributed by atoms with Gasteiger partial charge in [-0.05, 0) is 26.3 Å². The van der Waals surface area contributed by atoms with Gasteiger partial charge in [0.25, 0.3) is 6.79 Å². The van der Waals surface area contributed by atoms with Crippen molar-refractivity contribution in [2.75, 3.05) is 13.8 Å². The SMILES string of the molecule is CN([C@@H](Cc1ccccc1)C(=O)O)/[N+]([O-])=N/OCOC(=O)C(C)(C)C. The van der Waals surface area contributed by atoms with Gasteiger partial charge in [-0.1, -0.05) is 30.3 Å². The van der Waals surface area contributed by atoms with E-state index in [1.165, 1.54) is 7.05 Å². The van der Waals surface area contributed by atoms with E-state index < -0.39 is 30.2 Å². The van der Waals surface area contributed by atoms with Crippen molar-refractivity contribution in [3.05, 3.63) is 41.1 Å². The molecule has 0 aromatic heterocycles. The summed E-state index contributed by atoms with van der Waals surface area (Å²) in [6, 6.07) is 7.76. The highest BCUT2D eigenvalue weighted by Gasteiger charge is 2.29. The maximum atomic E-state index is 11.9. The van der Waals surface area contributed by atoms with E-state index in [-0.39, 0.29) is 11.4 Å². The first-order valence-corrected chi connectivity index (χ1v) is 7.60. The zero-order valence-corrected chi connectivity index (χ0v) is 14.7. The number of aliphatic carboxylic acids is 1. The second-order valence-electron chi connectivity index (χ2n) is 6.38. The molecule has 1 aromatic carbocycles. The number of carboxylic acid groups (broad SMARTS) is 1. The summed E-state index contributed by atoms with van der Waals surface area (Å²) in [4.78, 5) is 27.6. The number of hydrogen-bond donors (Lipinski definition) is 1. The van der Waals surface area contributed by atoms with Crippen molar-refractivity contribution >= 4 is 11.9 Å². The average Bonchev–Trinajstić information content (AvgIpc) is 2.55. The number of rotatable bonds is 8. The fourth-order valence-electron chi connectivity index (χ4n) is 1.76. The van der Waals surface area contributed by atoms with Gasteiger partial charge in [-0.25, -0.2) is 4.79 Å². The molecule has 1 aromatic rings. The van der Waals surface area contributed by atoms with Crippen LogP contribution in [0.3, 0.4) is 0 Å². The molecule has 9 nitrogen and oxygen atoms in total. The van der Waals surface area contributed by atoms with Gasteiger partial charge in [-0.15, -0.1) is 5.01 Å². The fraction of sp³-hybridized carbons (Fsp3) is 0.500. The van der Waals surface area contributed by atoms with E-state index in [1.54, 1.807) is 45.0 Å². The van der Waals surface area contributed by atoms with E-state index in [0.29, 0.717) is 0 Å². The third-order valence-electron chi connectivity index (χ3n) is 3.26. The van der Waals surface area contributed by atoms with Gasteiger partial charge in [-0.3, -0.25) is 4.79 Å². The number of hydrazine groups is 1. The Morgan fingerprint density at radius 1 is 1.32 bits per heavy atom. The van der Waals surface area contributed by atoms with E-state index in [4.69, 9.17) is 4.74 Å². The van der Waals surface area contributed by atoms with Crippen molar-refractivity contribution in [2.45, 2.75) is 33.2 Å². The predicted octanol–water partition coefficient (Wildman–Crippen LogP) is 1.97. The minimum atomic E-state index is -1.18. The van der Waals surface area contributed by atoms with E-state index in [0.717, 1.165) is 10.6 Å². The Kier molecular flexibility index (Phi) is 7.16. The summed E-state index contributed by atoms with van der Waals surface area (Å²) in [5, 5.41) is 25.3. The molecule has 0 fully saturated rings. The highest BCUT2D eigenvalue weighted by Crippen LogP contribution is 2.15. The molecule has 138 valence electrons. The Morgan fingerprint density at radius 3 is 2.44 bits per heavy atom. The van der Waals surface area contributed by atoms with Crippen LogP contribution in [0, 0.1) is 10.6 Å². The third kappa shape index (κ3) is 6.66. The van der Waals surface area contributed by atoms with Gasteiger partial charge in [0.2, 0.25) is 5.28 Å². The van der Waals surface area contributed by atoms with Gasteiger partial charge in [0.15, 0.2) is 6.04 Å². The van der Waals surface area contributed by atoms with Gasteiger partial charge in [0.05, 0.1) is 17.4 Å². The predicted molar refractivity (Wildman–Crippen MR) is 86.9 cm³/mol. The van der Waals surface area contributed by atoms with Crippen LogP contribution in [0.1, 0.15) is 26.3 Å². The van der Waals surface area contributed by atoms with Gasteiger partial charge < -0.3 is 19.9 Å². The number of nitrogens with zero attached hydrogens (tertiary/aromatic N) is 3. The normalized spacial score (nSPS) is 13.0. The van der Waals surface area contributed by atoms with Gasteiger partial charge in [0.1, 0.15) is 0 Å². The molecule has 1 rings (SSSR count). The molecule has 0 aliphatic rings.